The molecule has 1 aliphatic rings. The van der Waals surface area contributed by atoms with Crippen LogP contribution in [0.2, 0.25) is 0 Å². The molecule has 0 amide bonds. The van der Waals surface area contributed by atoms with Crippen LogP contribution in [-0.4, -0.2) is 47.3 Å². The molecule has 5 nitrogen and oxygen atoms in total. The van der Waals surface area contributed by atoms with Gasteiger partial charge in [-0.2, -0.15) is 13.2 Å². The Bertz CT molecular complexity index is 782. The first-order chi connectivity index (χ1) is 12.5. The second kappa shape index (κ2) is 7.55. The Labute approximate surface area is 148 Å². The van der Waals surface area contributed by atoms with Crippen LogP contribution in [0.25, 0.3) is 11.3 Å². The first kappa shape index (κ1) is 17.9. The van der Waals surface area contributed by atoms with Crippen molar-refractivity contribution in [3.63, 3.8) is 0 Å². The molecule has 2 heterocycles. The van der Waals surface area contributed by atoms with Gasteiger partial charge in [-0.25, -0.2) is 4.98 Å². The van der Waals surface area contributed by atoms with E-state index in [0.29, 0.717) is 43.3 Å². The lowest BCUT2D eigenvalue weighted by molar-refractivity contribution is -0.137. The molecule has 1 fully saturated rings. The van der Waals surface area contributed by atoms with E-state index in [1.54, 1.807) is 12.4 Å². The number of alkyl halides is 3. The van der Waals surface area contributed by atoms with Crippen LogP contribution in [0.5, 0.6) is 0 Å². The van der Waals surface area contributed by atoms with E-state index in [1.165, 1.54) is 24.4 Å². The Morgan fingerprint density at radius 3 is 2.23 bits per heavy atom. The number of carbonyl (C=O) groups excluding carboxylic acids is 1. The van der Waals surface area contributed by atoms with Gasteiger partial charge < -0.3 is 9.80 Å². The van der Waals surface area contributed by atoms with Crippen molar-refractivity contribution in [3.05, 3.63) is 54.5 Å². The molecule has 2 aromatic rings. The SMILES string of the molecule is O=CC=CN1CCN(c2nccnc2-c2ccc(C(F)(F)F)cc2)CC1. The molecule has 0 radical (unpaired) electrons. The third-order valence-electron chi connectivity index (χ3n) is 4.15. The molecule has 0 N–H and O–H groups in total. The zero-order valence-corrected chi connectivity index (χ0v) is 13.9. The van der Waals surface area contributed by atoms with Crippen molar-refractivity contribution in [2.75, 3.05) is 31.1 Å². The number of piperazine rings is 1. The lowest BCUT2D eigenvalue weighted by atomic mass is 10.1. The summed E-state index contributed by atoms with van der Waals surface area (Å²) >= 11 is 0. The number of carbonyl (C=O) groups is 1. The monoisotopic (exact) mass is 362 g/mol. The molecule has 136 valence electrons. The largest absolute Gasteiger partial charge is 0.416 e. The lowest BCUT2D eigenvalue weighted by Crippen LogP contribution is -2.44. The van der Waals surface area contributed by atoms with Gasteiger partial charge in [0.1, 0.15) is 12.0 Å². The normalized spacial score (nSPS) is 15.5. The Kier molecular flexibility index (Phi) is 5.20. The summed E-state index contributed by atoms with van der Waals surface area (Å²) in [4.78, 5) is 23.2. The molecule has 0 aliphatic carbocycles. The van der Waals surface area contributed by atoms with Crippen LogP contribution in [-0.2, 0) is 11.0 Å². The minimum atomic E-state index is -4.37. The van der Waals surface area contributed by atoms with Crippen LogP contribution in [0.15, 0.2) is 48.9 Å². The predicted molar refractivity (Wildman–Crippen MR) is 91.5 cm³/mol. The number of rotatable bonds is 4. The number of allylic oxidation sites excluding steroid dienone is 1. The van der Waals surface area contributed by atoms with Gasteiger partial charge in [0, 0.05) is 50.3 Å². The molecule has 0 saturated carbocycles. The van der Waals surface area contributed by atoms with Gasteiger partial charge in [0.15, 0.2) is 5.82 Å². The summed E-state index contributed by atoms with van der Waals surface area (Å²) in [7, 11) is 0. The number of hydrogen-bond donors (Lipinski definition) is 0. The fraction of sp³-hybridized carbons (Fsp3) is 0.278. The molecule has 1 saturated heterocycles. The standard InChI is InChI=1S/C18H17F3N4O/c19-18(20,21)15-4-2-14(3-5-15)16-17(23-7-6-22-16)25-11-9-24(10-12-25)8-1-13-26/h1-8,13H,9-12H2. The highest BCUT2D eigenvalue weighted by atomic mass is 19.4. The van der Waals surface area contributed by atoms with Crippen molar-refractivity contribution >= 4 is 12.1 Å². The van der Waals surface area contributed by atoms with E-state index in [9.17, 15) is 18.0 Å². The number of halogens is 3. The maximum absolute atomic E-state index is 12.7. The Hall–Kier alpha value is -2.90. The zero-order valence-electron chi connectivity index (χ0n) is 13.9. The third-order valence-corrected chi connectivity index (χ3v) is 4.15. The maximum atomic E-state index is 12.7. The highest BCUT2D eigenvalue weighted by Crippen LogP contribution is 2.32. The fourth-order valence-electron chi connectivity index (χ4n) is 2.82. The van der Waals surface area contributed by atoms with Gasteiger partial charge in [-0.1, -0.05) is 12.1 Å². The molecular weight excluding hydrogens is 345 g/mol. The molecule has 0 unspecified atom stereocenters. The quantitative estimate of drug-likeness (QED) is 0.618. The van der Waals surface area contributed by atoms with Gasteiger partial charge in [0.05, 0.1) is 5.56 Å². The smallest absolute Gasteiger partial charge is 0.374 e. The zero-order chi connectivity index (χ0) is 18.6. The second-order valence-electron chi connectivity index (χ2n) is 5.80. The van der Waals surface area contributed by atoms with Crippen LogP contribution in [0.3, 0.4) is 0 Å². The van der Waals surface area contributed by atoms with Gasteiger partial charge in [0.25, 0.3) is 0 Å². The summed E-state index contributed by atoms with van der Waals surface area (Å²) in [6.45, 7) is 2.78. The van der Waals surface area contributed by atoms with E-state index in [1.807, 2.05) is 9.80 Å². The third kappa shape index (κ3) is 4.01. The Morgan fingerprint density at radius 1 is 0.962 bits per heavy atom. The maximum Gasteiger partial charge on any atom is 0.416 e. The van der Waals surface area contributed by atoms with Crippen LogP contribution in [0.4, 0.5) is 19.0 Å². The highest BCUT2D eigenvalue weighted by Gasteiger charge is 2.30. The summed E-state index contributed by atoms with van der Waals surface area (Å²) < 4.78 is 38.2. The topological polar surface area (TPSA) is 49.3 Å². The van der Waals surface area contributed by atoms with E-state index in [4.69, 9.17) is 0 Å². The van der Waals surface area contributed by atoms with Crippen molar-refractivity contribution in [2.45, 2.75) is 6.18 Å². The average Bonchev–Trinajstić information content (AvgIpc) is 2.66. The van der Waals surface area contributed by atoms with E-state index in [-0.39, 0.29) is 0 Å². The molecule has 0 spiro atoms. The van der Waals surface area contributed by atoms with E-state index < -0.39 is 11.7 Å². The van der Waals surface area contributed by atoms with Crippen LogP contribution in [0.1, 0.15) is 5.56 Å². The summed E-state index contributed by atoms with van der Waals surface area (Å²) in [5.74, 6) is 0.645. The molecule has 1 aromatic heterocycles. The van der Waals surface area contributed by atoms with Crippen molar-refractivity contribution in [1.29, 1.82) is 0 Å². The Morgan fingerprint density at radius 2 is 1.62 bits per heavy atom. The molecule has 3 rings (SSSR count). The van der Waals surface area contributed by atoms with E-state index in [0.717, 1.165) is 18.4 Å². The molecule has 0 bridgehead atoms. The first-order valence-electron chi connectivity index (χ1n) is 8.08. The van der Waals surface area contributed by atoms with E-state index in [2.05, 4.69) is 9.97 Å². The Balaban J connectivity index is 1.81. The summed E-state index contributed by atoms with van der Waals surface area (Å²) in [6.07, 6.45) is 2.66. The summed E-state index contributed by atoms with van der Waals surface area (Å²) in [5.41, 5.74) is 0.449. The molecule has 8 heteroatoms. The van der Waals surface area contributed by atoms with Crippen LogP contribution >= 0.6 is 0 Å². The molecule has 1 aromatic carbocycles. The van der Waals surface area contributed by atoms with Crippen LogP contribution in [0, 0.1) is 0 Å². The summed E-state index contributed by atoms with van der Waals surface area (Å²) in [6, 6.07) is 4.94. The molecule has 26 heavy (non-hydrogen) atoms. The van der Waals surface area contributed by atoms with Crippen molar-refractivity contribution in [3.8, 4) is 11.3 Å². The van der Waals surface area contributed by atoms with Crippen molar-refractivity contribution < 1.29 is 18.0 Å². The minimum absolute atomic E-state index is 0.554. The highest BCUT2D eigenvalue weighted by molar-refractivity contribution is 5.72. The summed E-state index contributed by atoms with van der Waals surface area (Å²) in [5, 5.41) is 0. The van der Waals surface area contributed by atoms with Gasteiger partial charge in [-0.3, -0.25) is 9.78 Å². The number of nitrogens with zero attached hydrogens (tertiary/aromatic N) is 4. The van der Waals surface area contributed by atoms with Crippen molar-refractivity contribution in [2.24, 2.45) is 0 Å². The average molecular weight is 362 g/mol. The number of benzene rings is 1. The molecular formula is C18H17F3N4O. The number of hydrogen-bond acceptors (Lipinski definition) is 5. The molecule has 0 atom stereocenters. The minimum Gasteiger partial charge on any atom is -0.374 e. The molecule has 1 aliphatic heterocycles. The number of anilines is 1. The van der Waals surface area contributed by atoms with E-state index >= 15 is 0 Å². The second-order valence-corrected chi connectivity index (χ2v) is 5.80. The number of aromatic nitrogens is 2. The van der Waals surface area contributed by atoms with Gasteiger partial charge in [-0.05, 0) is 18.2 Å². The van der Waals surface area contributed by atoms with Gasteiger partial charge in [0.2, 0.25) is 0 Å². The fourth-order valence-corrected chi connectivity index (χ4v) is 2.82. The van der Waals surface area contributed by atoms with Crippen LogP contribution < -0.4 is 4.90 Å². The number of aldehydes is 1. The lowest BCUT2D eigenvalue weighted by Gasteiger charge is -2.35. The van der Waals surface area contributed by atoms with Gasteiger partial charge in [-0.15, -0.1) is 0 Å². The van der Waals surface area contributed by atoms with Gasteiger partial charge >= 0.3 is 6.18 Å². The van der Waals surface area contributed by atoms with Crippen molar-refractivity contribution in [1.82, 2.24) is 14.9 Å². The predicted octanol–water partition coefficient (Wildman–Crippen LogP) is 3.00. The first-order valence-corrected chi connectivity index (χ1v) is 8.08.